The smallest absolute Gasteiger partial charge is 0.303 e. The van der Waals surface area contributed by atoms with Crippen LogP contribution in [0.15, 0.2) is 0 Å². The molecule has 0 amide bonds. The molecule has 0 N–H and O–H groups in total. The molecule has 0 spiro atoms. The molecule has 3 heteroatoms. The number of hydrogen-bond donors (Lipinski definition) is 1. The molecule has 0 aromatic carbocycles. The zero-order chi connectivity index (χ0) is 9.47. The van der Waals surface area contributed by atoms with Gasteiger partial charge in [0, 0.05) is 12.7 Å². The number of rotatable bonds is 2. The third kappa shape index (κ3) is 1.47. The highest BCUT2D eigenvalue weighted by atomic mass is 32.1. The summed E-state index contributed by atoms with van der Waals surface area (Å²) in [5.41, 5.74) is -0.210. The first-order chi connectivity index (χ1) is 6.16. The van der Waals surface area contributed by atoms with Crippen molar-refractivity contribution in [1.29, 1.82) is 0 Å². The predicted molar refractivity (Wildman–Crippen MR) is 53.8 cm³/mol. The Bertz CT molecular complexity index is 229. The van der Waals surface area contributed by atoms with Crippen LogP contribution >= 0.6 is 12.6 Å². The second-order valence-electron chi connectivity index (χ2n) is 4.40. The first-order valence-electron chi connectivity index (χ1n) is 4.97. The zero-order valence-corrected chi connectivity index (χ0v) is 8.85. The Kier molecular flexibility index (Phi) is 2.30. The van der Waals surface area contributed by atoms with E-state index in [1.807, 2.05) is 0 Å². The summed E-state index contributed by atoms with van der Waals surface area (Å²) in [5, 5.41) is 0. The summed E-state index contributed by atoms with van der Waals surface area (Å²) < 4.78 is 5.47. The van der Waals surface area contributed by atoms with Crippen molar-refractivity contribution in [3.05, 3.63) is 0 Å². The molecule has 2 fully saturated rings. The number of hydrogen-bond acceptors (Lipinski definition) is 3. The van der Waals surface area contributed by atoms with Gasteiger partial charge in [-0.2, -0.15) is 12.6 Å². The zero-order valence-electron chi connectivity index (χ0n) is 7.95. The van der Waals surface area contributed by atoms with E-state index in [1.54, 1.807) is 0 Å². The van der Waals surface area contributed by atoms with Gasteiger partial charge in [-0.1, -0.05) is 0 Å². The van der Waals surface area contributed by atoms with E-state index in [9.17, 15) is 4.79 Å². The lowest BCUT2D eigenvalue weighted by atomic mass is 9.85. The molecule has 0 aromatic heterocycles. The van der Waals surface area contributed by atoms with Crippen molar-refractivity contribution < 1.29 is 9.53 Å². The molecule has 0 saturated heterocycles. The predicted octanol–water partition coefficient (Wildman–Crippen LogP) is 2.04. The fourth-order valence-corrected chi connectivity index (χ4v) is 3.48. The molecule has 0 aliphatic heterocycles. The third-order valence-corrected chi connectivity index (χ3v) is 4.07. The molecule has 2 saturated carbocycles. The largest absolute Gasteiger partial charge is 0.458 e. The van der Waals surface area contributed by atoms with Gasteiger partial charge >= 0.3 is 5.97 Å². The Labute approximate surface area is 84.4 Å². The number of ether oxygens (including phenoxy) is 1. The van der Waals surface area contributed by atoms with E-state index in [2.05, 4.69) is 12.6 Å². The number of esters is 1. The van der Waals surface area contributed by atoms with E-state index < -0.39 is 0 Å². The Morgan fingerprint density at radius 1 is 1.62 bits per heavy atom. The summed E-state index contributed by atoms with van der Waals surface area (Å²) in [6.07, 6.45) is 4.83. The van der Waals surface area contributed by atoms with Crippen LogP contribution in [0.5, 0.6) is 0 Å². The van der Waals surface area contributed by atoms with Crippen LogP contribution in [0.1, 0.15) is 32.6 Å². The number of carbonyl (C=O) groups is 1. The van der Waals surface area contributed by atoms with Crippen LogP contribution in [0.25, 0.3) is 0 Å². The minimum atomic E-state index is -0.210. The maximum absolute atomic E-state index is 11.0. The van der Waals surface area contributed by atoms with E-state index in [0.29, 0.717) is 11.7 Å². The van der Waals surface area contributed by atoms with Crippen molar-refractivity contribution >= 4 is 18.6 Å². The lowest BCUT2D eigenvalue weighted by molar-refractivity contribution is -0.159. The molecule has 2 aliphatic rings. The van der Waals surface area contributed by atoms with E-state index in [0.717, 1.165) is 12.3 Å². The molecule has 2 aliphatic carbocycles. The van der Waals surface area contributed by atoms with Crippen molar-refractivity contribution in [1.82, 2.24) is 0 Å². The van der Waals surface area contributed by atoms with Gasteiger partial charge in [-0.3, -0.25) is 4.79 Å². The molecular formula is C10H16O2S. The minimum absolute atomic E-state index is 0.151. The minimum Gasteiger partial charge on any atom is -0.458 e. The van der Waals surface area contributed by atoms with Gasteiger partial charge in [-0.15, -0.1) is 0 Å². The molecular weight excluding hydrogens is 184 g/mol. The van der Waals surface area contributed by atoms with Crippen molar-refractivity contribution in [3.63, 3.8) is 0 Å². The van der Waals surface area contributed by atoms with Crippen molar-refractivity contribution in [3.8, 4) is 0 Å². The third-order valence-electron chi connectivity index (χ3n) is 3.53. The summed E-state index contributed by atoms with van der Waals surface area (Å²) in [5.74, 6) is 1.91. The Morgan fingerprint density at radius 2 is 2.38 bits per heavy atom. The average Bonchev–Trinajstić information content (AvgIpc) is 2.62. The van der Waals surface area contributed by atoms with Gasteiger partial charge in [0.05, 0.1) is 0 Å². The molecule has 0 aromatic rings. The van der Waals surface area contributed by atoms with E-state index in [4.69, 9.17) is 4.74 Å². The standard InChI is InChI=1S/C10H16O2S/c1-7(11)12-10(6-13)5-8-2-3-9(10)4-8/h8-9,13H,2-6H2,1H3. The molecule has 0 radical (unpaired) electrons. The fraction of sp³-hybridized carbons (Fsp3) is 0.900. The average molecular weight is 200 g/mol. The maximum atomic E-state index is 11.0. The number of carbonyl (C=O) groups excluding carboxylic acids is 1. The number of thiol groups is 1. The molecule has 3 atom stereocenters. The van der Waals surface area contributed by atoms with Crippen molar-refractivity contribution in [2.75, 3.05) is 5.75 Å². The monoisotopic (exact) mass is 200 g/mol. The molecule has 2 rings (SSSR count). The van der Waals surface area contributed by atoms with Crippen LogP contribution in [0.2, 0.25) is 0 Å². The fourth-order valence-electron chi connectivity index (χ4n) is 3.03. The SMILES string of the molecule is CC(=O)OC1(CS)CC2CCC1C2. The topological polar surface area (TPSA) is 26.3 Å². The van der Waals surface area contributed by atoms with Gasteiger partial charge in [-0.25, -0.2) is 0 Å². The van der Waals surface area contributed by atoms with Crippen LogP contribution in [0.3, 0.4) is 0 Å². The van der Waals surface area contributed by atoms with Gasteiger partial charge in [0.2, 0.25) is 0 Å². The normalized spacial score (nSPS) is 42.3. The van der Waals surface area contributed by atoms with Crippen LogP contribution < -0.4 is 0 Å². The van der Waals surface area contributed by atoms with Gasteiger partial charge in [0.1, 0.15) is 5.60 Å². The summed E-state index contributed by atoms with van der Waals surface area (Å²) in [4.78, 5) is 11.0. The van der Waals surface area contributed by atoms with Gasteiger partial charge in [0.25, 0.3) is 0 Å². The summed E-state index contributed by atoms with van der Waals surface area (Å²) in [7, 11) is 0. The van der Waals surface area contributed by atoms with Crippen molar-refractivity contribution in [2.24, 2.45) is 11.8 Å². The lowest BCUT2D eigenvalue weighted by Crippen LogP contribution is -2.41. The summed E-state index contributed by atoms with van der Waals surface area (Å²) in [6, 6.07) is 0. The molecule has 0 heterocycles. The van der Waals surface area contributed by atoms with Gasteiger partial charge < -0.3 is 4.74 Å². The second kappa shape index (κ2) is 3.19. The highest BCUT2D eigenvalue weighted by Crippen LogP contribution is 2.52. The highest BCUT2D eigenvalue weighted by Gasteiger charge is 2.52. The molecule has 13 heavy (non-hydrogen) atoms. The Balaban J connectivity index is 2.12. The maximum Gasteiger partial charge on any atom is 0.303 e. The first kappa shape index (κ1) is 9.38. The van der Waals surface area contributed by atoms with Crippen LogP contribution in [0.4, 0.5) is 0 Å². The lowest BCUT2D eigenvalue weighted by Gasteiger charge is -2.35. The van der Waals surface area contributed by atoms with Gasteiger partial charge in [-0.05, 0) is 37.5 Å². The summed E-state index contributed by atoms with van der Waals surface area (Å²) >= 11 is 4.33. The molecule has 74 valence electrons. The van der Waals surface area contributed by atoms with Crippen LogP contribution in [0, 0.1) is 11.8 Å². The van der Waals surface area contributed by atoms with Crippen LogP contribution in [-0.4, -0.2) is 17.3 Å². The molecule has 2 bridgehead atoms. The van der Waals surface area contributed by atoms with E-state index >= 15 is 0 Å². The molecule has 3 unspecified atom stereocenters. The van der Waals surface area contributed by atoms with Crippen LogP contribution in [-0.2, 0) is 9.53 Å². The second-order valence-corrected chi connectivity index (χ2v) is 4.71. The quantitative estimate of drug-likeness (QED) is 0.545. The molecule has 2 nitrogen and oxygen atoms in total. The Morgan fingerprint density at radius 3 is 2.77 bits per heavy atom. The van der Waals surface area contributed by atoms with Crippen molar-refractivity contribution in [2.45, 2.75) is 38.2 Å². The summed E-state index contributed by atoms with van der Waals surface area (Å²) in [6.45, 7) is 1.50. The van der Waals surface area contributed by atoms with E-state index in [-0.39, 0.29) is 11.6 Å². The highest BCUT2D eigenvalue weighted by molar-refractivity contribution is 7.80. The number of fused-ring (bicyclic) bond motifs is 2. The Hall–Kier alpha value is -0.180. The first-order valence-corrected chi connectivity index (χ1v) is 5.60. The van der Waals surface area contributed by atoms with E-state index in [1.165, 1.54) is 26.2 Å². The van der Waals surface area contributed by atoms with Gasteiger partial charge in [0.15, 0.2) is 0 Å².